The van der Waals surface area contributed by atoms with Crippen molar-refractivity contribution in [2.24, 2.45) is 11.7 Å². The van der Waals surface area contributed by atoms with Crippen LogP contribution in [0.1, 0.15) is 47.0 Å². The van der Waals surface area contributed by atoms with E-state index in [-0.39, 0.29) is 18.1 Å². The van der Waals surface area contributed by atoms with E-state index < -0.39 is 5.91 Å². The summed E-state index contributed by atoms with van der Waals surface area (Å²) in [6.45, 7) is 8.83. The Morgan fingerprint density at radius 1 is 1.33 bits per heavy atom. The highest BCUT2D eigenvalue weighted by molar-refractivity contribution is 5.83. The van der Waals surface area contributed by atoms with Crippen LogP contribution in [0.25, 0.3) is 0 Å². The maximum atomic E-state index is 11.4. The fraction of sp³-hybridized carbons (Fsp3) is 0.846. The molecule has 0 fully saturated rings. The number of carbonyl (C=O) groups is 2. The number of rotatable bonds is 9. The van der Waals surface area contributed by atoms with Crippen molar-refractivity contribution in [1.29, 1.82) is 0 Å². The third-order valence-corrected chi connectivity index (χ3v) is 2.60. The van der Waals surface area contributed by atoms with Gasteiger partial charge >= 0.3 is 0 Å². The maximum absolute atomic E-state index is 11.4. The molecule has 0 atom stereocenters. The van der Waals surface area contributed by atoms with Crippen molar-refractivity contribution in [3.63, 3.8) is 0 Å². The summed E-state index contributed by atoms with van der Waals surface area (Å²) in [6, 6.07) is 0. The lowest BCUT2D eigenvalue weighted by Crippen LogP contribution is -2.35. The van der Waals surface area contributed by atoms with Crippen LogP contribution in [0.4, 0.5) is 0 Å². The summed E-state index contributed by atoms with van der Waals surface area (Å²) in [6.07, 6.45) is 1.97. The van der Waals surface area contributed by atoms with Crippen molar-refractivity contribution >= 4 is 11.8 Å². The van der Waals surface area contributed by atoms with Gasteiger partial charge in [-0.25, -0.2) is 0 Å². The van der Waals surface area contributed by atoms with Gasteiger partial charge in [0.2, 0.25) is 11.8 Å². The molecule has 106 valence electrons. The topological polar surface area (TPSA) is 81.4 Å². The van der Waals surface area contributed by atoms with E-state index in [9.17, 15) is 9.59 Å². The average Bonchev–Trinajstić information content (AvgIpc) is 2.22. The number of hydrogen-bond donors (Lipinski definition) is 2. The van der Waals surface area contributed by atoms with E-state index in [0.717, 1.165) is 6.42 Å². The monoisotopic (exact) mass is 258 g/mol. The lowest BCUT2D eigenvalue weighted by molar-refractivity contribution is -0.126. The van der Waals surface area contributed by atoms with Gasteiger partial charge in [0.05, 0.1) is 12.1 Å². The van der Waals surface area contributed by atoms with Gasteiger partial charge in [0, 0.05) is 13.0 Å². The first-order valence-electron chi connectivity index (χ1n) is 6.42. The van der Waals surface area contributed by atoms with Crippen molar-refractivity contribution in [2.75, 3.05) is 13.2 Å². The van der Waals surface area contributed by atoms with E-state index in [1.807, 2.05) is 13.8 Å². The van der Waals surface area contributed by atoms with E-state index in [0.29, 0.717) is 25.4 Å². The molecule has 0 radical (unpaired) electrons. The second-order valence-electron chi connectivity index (χ2n) is 5.53. The molecule has 0 aromatic rings. The van der Waals surface area contributed by atoms with Crippen LogP contribution in [0, 0.1) is 5.92 Å². The molecule has 0 aliphatic heterocycles. The van der Waals surface area contributed by atoms with Gasteiger partial charge in [-0.15, -0.1) is 0 Å². The van der Waals surface area contributed by atoms with Crippen LogP contribution in [0.2, 0.25) is 0 Å². The summed E-state index contributed by atoms with van der Waals surface area (Å²) >= 11 is 0. The molecule has 0 bridgehead atoms. The molecule has 2 amide bonds. The van der Waals surface area contributed by atoms with Crippen LogP contribution < -0.4 is 11.1 Å². The van der Waals surface area contributed by atoms with Gasteiger partial charge in [0.1, 0.15) is 0 Å². The van der Waals surface area contributed by atoms with Crippen molar-refractivity contribution in [2.45, 2.75) is 52.6 Å². The van der Waals surface area contributed by atoms with Crippen LogP contribution >= 0.6 is 0 Å². The Labute approximate surface area is 109 Å². The van der Waals surface area contributed by atoms with Crippen LogP contribution in [0.15, 0.2) is 0 Å². The fourth-order valence-corrected chi connectivity index (χ4v) is 1.33. The number of primary amides is 1. The summed E-state index contributed by atoms with van der Waals surface area (Å²) < 4.78 is 5.74. The highest BCUT2D eigenvalue weighted by Crippen LogP contribution is 2.17. The number of nitrogens with one attached hydrogen (secondary N) is 1. The van der Waals surface area contributed by atoms with Gasteiger partial charge in [-0.2, -0.15) is 0 Å². The Kier molecular flexibility index (Phi) is 7.59. The predicted molar refractivity (Wildman–Crippen MR) is 70.9 cm³/mol. The minimum atomic E-state index is -0.532. The fourth-order valence-electron chi connectivity index (χ4n) is 1.33. The predicted octanol–water partition coefficient (Wildman–Crippen LogP) is 1.21. The molecule has 0 saturated carbocycles. The molecular formula is C13H26N2O3. The van der Waals surface area contributed by atoms with Crippen LogP contribution in [-0.2, 0) is 14.3 Å². The minimum Gasteiger partial charge on any atom is -0.376 e. The Balaban J connectivity index is 3.80. The Hall–Kier alpha value is -1.10. The normalized spacial score (nSPS) is 11.6. The average molecular weight is 258 g/mol. The zero-order valence-corrected chi connectivity index (χ0v) is 11.9. The largest absolute Gasteiger partial charge is 0.376 e. The summed E-state index contributed by atoms with van der Waals surface area (Å²) in [5.41, 5.74) is 4.62. The van der Waals surface area contributed by atoms with Gasteiger partial charge in [-0.3, -0.25) is 9.59 Å². The van der Waals surface area contributed by atoms with E-state index >= 15 is 0 Å². The molecule has 0 aliphatic rings. The summed E-state index contributed by atoms with van der Waals surface area (Å²) in [7, 11) is 0. The van der Waals surface area contributed by atoms with Crippen LogP contribution in [0.3, 0.4) is 0 Å². The van der Waals surface area contributed by atoms with Crippen molar-refractivity contribution in [3.05, 3.63) is 0 Å². The summed E-state index contributed by atoms with van der Waals surface area (Å²) in [4.78, 5) is 21.9. The molecule has 0 spiro atoms. The molecule has 5 nitrogen and oxygen atoms in total. The van der Waals surface area contributed by atoms with E-state index in [1.165, 1.54) is 0 Å². The van der Waals surface area contributed by atoms with Gasteiger partial charge in [0.15, 0.2) is 0 Å². The minimum absolute atomic E-state index is 0.104. The number of nitrogens with two attached hydrogens (primary N) is 1. The first-order valence-corrected chi connectivity index (χ1v) is 6.42. The number of amides is 2. The van der Waals surface area contributed by atoms with Crippen molar-refractivity contribution in [3.8, 4) is 0 Å². The first-order chi connectivity index (χ1) is 8.23. The molecule has 0 heterocycles. The third-order valence-electron chi connectivity index (χ3n) is 2.60. The van der Waals surface area contributed by atoms with Crippen molar-refractivity contribution in [1.82, 2.24) is 5.32 Å². The number of carbonyl (C=O) groups excluding carboxylic acids is 2. The Bertz CT molecular complexity index is 275. The Morgan fingerprint density at radius 2 is 1.94 bits per heavy atom. The van der Waals surface area contributed by atoms with Gasteiger partial charge < -0.3 is 15.8 Å². The number of hydrogen-bond acceptors (Lipinski definition) is 3. The molecule has 0 rings (SSSR count). The van der Waals surface area contributed by atoms with E-state index in [4.69, 9.17) is 10.5 Å². The molecular weight excluding hydrogens is 232 g/mol. The molecule has 5 heteroatoms. The second kappa shape index (κ2) is 8.08. The molecule has 18 heavy (non-hydrogen) atoms. The summed E-state index contributed by atoms with van der Waals surface area (Å²) in [5, 5.41) is 2.46. The molecule has 0 aromatic carbocycles. The molecule has 0 aromatic heterocycles. The molecule has 0 unspecified atom stereocenters. The highest BCUT2D eigenvalue weighted by atomic mass is 16.5. The lowest BCUT2D eigenvalue weighted by atomic mass is 10.0. The van der Waals surface area contributed by atoms with Gasteiger partial charge in [0.25, 0.3) is 0 Å². The molecule has 0 saturated heterocycles. The van der Waals surface area contributed by atoms with E-state index in [2.05, 4.69) is 19.2 Å². The van der Waals surface area contributed by atoms with Crippen molar-refractivity contribution < 1.29 is 14.3 Å². The Morgan fingerprint density at radius 3 is 2.44 bits per heavy atom. The maximum Gasteiger partial charge on any atom is 0.236 e. The molecule has 3 N–H and O–H groups in total. The quantitative estimate of drug-likeness (QED) is 0.652. The van der Waals surface area contributed by atoms with E-state index in [1.54, 1.807) is 0 Å². The SMILES string of the molecule is CC(C)CCOC(C)(C)CCC(=O)NCC(N)=O. The highest BCUT2D eigenvalue weighted by Gasteiger charge is 2.19. The van der Waals surface area contributed by atoms with Gasteiger partial charge in [-0.1, -0.05) is 13.8 Å². The standard InChI is InChI=1S/C13H26N2O3/c1-10(2)6-8-18-13(3,4)7-5-12(17)15-9-11(14)16/h10H,5-9H2,1-4H3,(H2,14,16)(H,15,17). The zero-order valence-electron chi connectivity index (χ0n) is 11.9. The molecule has 0 aliphatic carbocycles. The third kappa shape index (κ3) is 10.1. The summed E-state index contributed by atoms with van der Waals surface area (Å²) in [5.74, 6) is -0.0928. The second-order valence-corrected chi connectivity index (χ2v) is 5.53. The van der Waals surface area contributed by atoms with Gasteiger partial charge in [-0.05, 0) is 32.6 Å². The smallest absolute Gasteiger partial charge is 0.236 e. The number of ether oxygens (including phenoxy) is 1. The van der Waals surface area contributed by atoms with Crippen LogP contribution in [0.5, 0.6) is 0 Å². The lowest BCUT2D eigenvalue weighted by Gasteiger charge is -2.25. The first kappa shape index (κ1) is 16.9. The zero-order chi connectivity index (χ0) is 14.2. The van der Waals surface area contributed by atoms with Crippen LogP contribution in [-0.4, -0.2) is 30.6 Å².